The molecule has 0 aliphatic carbocycles. The summed E-state index contributed by atoms with van der Waals surface area (Å²) in [6.45, 7) is 0. The average molecular weight is 359 g/mol. The van der Waals surface area contributed by atoms with Gasteiger partial charge in [-0.1, -0.05) is 0 Å². The first-order valence-corrected chi connectivity index (χ1v) is 15.7. The Labute approximate surface area is 112 Å². The fraction of sp³-hybridized carbons (Fsp3) is 0.462. The van der Waals surface area contributed by atoms with Crippen LogP contribution in [0.25, 0.3) is 0 Å². The number of carbonyl (C=O) groups excluding carboxylic acids is 1. The van der Waals surface area contributed by atoms with Gasteiger partial charge in [-0.2, -0.15) is 0 Å². The van der Waals surface area contributed by atoms with Gasteiger partial charge in [0, 0.05) is 0 Å². The number of rotatable bonds is 4. The molecular formula is C13H20O4Sn. The Kier molecular flexibility index (Phi) is 4.90. The summed E-state index contributed by atoms with van der Waals surface area (Å²) in [6, 6.07) is 3.59. The van der Waals surface area contributed by atoms with E-state index in [9.17, 15) is 4.79 Å². The quantitative estimate of drug-likeness (QED) is 0.610. The van der Waals surface area contributed by atoms with Gasteiger partial charge in [0.1, 0.15) is 0 Å². The molecule has 0 aliphatic heterocycles. The molecule has 0 saturated heterocycles. The van der Waals surface area contributed by atoms with Crippen molar-refractivity contribution < 1.29 is 19.0 Å². The summed E-state index contributed by atoms with van der Waals surface area (Å²) in [6.07, 6.45) is 0. The Balaban J connectivity index is 3.64. The van der Waals surface area contributed by atoms with Gasteiger partial charge in [0.15, 0.2) is 0 Å². The van der Waals surface area contributed by atoms with E-state index >= 15 is 0 Å². The molecule has 0 N–H and O–H groups in total. The summed E-state index contributed by atoms with van der Waals surface area (Å²) in [5.74, 6) is 0.927. The second-order valence-electron chi connectivity index (χ2n) is 4.96. The molecule has 0 spiro atoms. The average Bonchev–Trinajstić information content (AvgIpc) is 2.34. The first kappa shape index (κ1) is 15.1. The van der Waals surface area contributed by atoms with Crippen molar-refractivity contribution in [2.24, 2.45) is 0 Å². The summed E-state index contributed by atoms with van der Waals surface area (Å²) in [4.78, 5) is 18.7. The van der Waals surface area contributed by atoms with E-state index in [-0.39, 0.29) is 5.97 Å². The van der Waals surface area contributed by atoms with Gasteiger partial charge in [0.2, 0.25) is 0 Å². The summed E-state index contributed by atoms with van der Waals surface area (Å²) in [7, 11) is 4.55. The van der Waals surface area contributed by atoms with Crippen molar-refractivity contribution in [1.82, 2.24) is 0 Å². The van der Waals surface area contributed by atoms with E-state index in [4.69, 9.17) is 14.2 Å². The maximum atomic E-state index is 12.0. The molecule has 0 bridgehead atoms. The number of hydrogen-bond donors (Lipinski definition) is 0. The molecule has 1 aromatic rings. The van der Waals surface area contributed by atoms with E-state index in [2.05, 4.69) is 14.8 Å². The molecule has 0 aliphatic rings. The van der Waals surface area contributed by atoms with Gasteiger partial charge in [-0.05, 0) is 0 Å². The molecule has 1 rings (SSSR count). The predicted molar refractivity (Wildman–Crippen MR) is 73.9 cm³/mol. The molecule has 0 saturated carbocycles. The van der Waals surface area contributed by atoms with Gasteiger partial charge < -0.3 is 0 Å². The van der Waals surface area contributed by atoms with E-state index < -0.39 is 18.4 Å². The van der Waals surface area contributed by atoms with Crippen LogP contribution in [0.2, 0.25) is 14.8 Å². The standard InChI is InChI=1S/C10H11O4.3CH3.Sn/c1-12-7-4-5-9(13-2)8(6-7)10(11)14-3;;;;/h4-5H,1-3H3;3*1H3;. The predicted octanol–water partition coefficient (Wildman–Crippen LogP) is 2.04. The van der Waals surface area contributed by atoms with Crippen molar-refractivity contribution in [2.45, 2.75) is 14.8 Å². The van der Waals surface area contributed by atoms with Crippen LogP contribution in [0.3, 0.4) is 0 Å². The van der Waals surface area contributed by atoms with E-state index in [0.717, 1.165) is 9.33 Å². The Hall–Kier alpha value is -0.911. The van der Waals surface area contributed by atoms with Crippen molar-refractivity contribution in [3.05, 3.63) is 17.7 Å². The third kappa shape index (κ3) is 2.91. The van der Waals surface area contributed by atoms with Gasteiger partial charge in [0.25, 0.3) is 0 Å². The second kappa shape index (κ2) is 5.82. The fourth-order valence-corrected chi connectivity index (χ4v) is 7.38. The van der Waals surface area contributed by atoms with Crippen LogP contribution in [0.1, 0.15) is 10.4 Å². The Morgan fingerprint density at radius 2 is 1.50 bits per heavy atom. The SMILES string of the molecule is COC(=O)c1c(OC)ccc(OC)[c]1[Sn]([CH3])([CH3])[CH3]. The Morgan fingerprint density at radius 1 is 1.00 bits per heavy atom. The maximum absolute atomic E-state index is 12.0. The van der Waals surface area contributed by atoms with Crippen molar-refractivity contribution in [3.8, 4) is 11.5 Å². The number of hydrogen-bond acceptors (Lipinski definition) is 4. The van der Waals surface area contributed by atoms with E-state index in [1.54, 1.807) is 20.3 Å². The van der Waals surface area contributed by atoms with E-state index in [1.165, 1.54) is 7.11 Å². The van der Waals surface area contributed by atoms with Gasteiger partial charge in [0.05, 0.1) is 0 Å². The summed E-state index contributed by atoms with van der Waals surface area (Å²) in [5.41, 5.74) is 0.516. The topological polar surface area (TPSA) is 44.8 Å². The van der Waals surface area contributed by atoms with Gasteiger partial charge in [-0.3, -0.25) is 0 Å². The number of ether oxygens (including phenoxy) is 3. The molecule has 0 radical (unpaired) electrons. The fourth-order valence-electron chi connectivity index (χ4n) is 1.95. The number of carbonyl (C=O) groups is 1. The number of benzene rings is 1. The molecule has 0 heterocycles. The van der Waals surface area contributed by atoms with E-state index in [0.29, 0.717) is 11.3 Å². The van der Waals surface area contributed by atoms with Crippen LogP contribution in [-0.4, -0.2) is 45.7 Å². The number of esters is 1. The van der Waals surface area contributed by atoms with Crippen LogP contribution in [-0.2, 0) is 4.74 Å². The molecule has 0 aromatic heterocycles. The van der Waals surface area contributed by atoms with Crippen molar-refractivity contribution >= 4 is 27.9 Å². The van der Waals surface area contributed by atoms with Gasteiger partial charge in [-0.15, -0.1) is 0 Å². The van der Waals surface area contributed by atoms with Crippen LogP contribution in [0, 0.1) is 0 Å². The second-order valence-corrected chi connectivity index (χ2v) is 19.2. The van der Waals surface area contributed by atoms with Crippen LogP contribution >= 0.6 is 0 Å². The van der Waals surface area contributed by atoms with Gasteiger partial charge in [-0.25, -0.2) is 0 Å². The zero-order valence-corrected chi connectivity index (χ0v) is 14.6. The van der Waals surface area contributed by atoms with Crippen molar-refractivity contribution in [3.63, 3.8) is 0 Å². The summed E-state index contributed by atoms with van der Waals surface area (Å²) >= 11 is -2.55. The molecule has 0 atom stereocenters. The third-order valence-corrected chi connectivity index (χ3v) is 8.41. The van der Waals surface area contributed by atoms with E-state index in [1.807, 2.05) is 6.07 Å². The van der Waals surface area contributed by atoms with Crippen molar-refractivity contribution in [2.75, 3.05) is 21.3 Å². The molecule has 100 valence electrons. The van der Waals surface area contributed by atoms with Crippen LogP contribution in [0.5, 0.6) is 11.5 Å². The normalized spacial score (nSPS) is 11.0. The zero-order valence-electron chi connectivity index (χ0n) is 11.8. The first-order valence-electron chi connectivity index (χ1n) is 5.70. The monoisotopic (exact) mass is 360 g/mol. The minimum atomic E-state index is -2.55. The Bertz CT molecular complexity index is 449. The third-order valence-electron chi connectivity index (χ3n) is 2.71. The molecule has 0 amide bonds. The van der Waals surface area contributed by atoms with Crippen LogP contribution < -0.4 is 13.1 Å². The first-order chi connectivity index (χ1) is 8.36. The molecular weight excluding hydrogens is 339 g/mol. The van der Waals surface area contributed by atoms with Crippen LogP contribution in [0.4, 0.5) is 0 Å². The van der Waals surface area contributed by atoms with Crippen LogP contribution in [0.15, 0.2) is 12.1 Å². The molecule has 4 nitrogen and oxygen atoms in total. The zero-order chi connectivity index (χ0) is 13.9. The Morgan fingerprint density at radius 3 is 1.89 bits per heavy atom. The molecule has 5 heteroatoms. The van der Waals surface area contributed by atoms with Crippen molar-refractivity contribution in [1.29, 1.82) is 0 Å². The number of methoxy groups -OCH3 is 3. The summed E-state index contributed by atoms with van der Waals surface area (Å²) in [5, 5.41) is 0. The molecule has 0 fully saturated rings. The molecule has 0 unspecified atom stereocenters. The minimum absolute atomic E-state index is 0.368. The van der Waals surface area contributed by atoms with Gasteiger partial charge >= 0.3 is 112 Å². The molecule has 1 aromatic carbocycles. The molecule has 18 heavy (non-hydrogen) atoms. The summed E-state index contributed by atoms with van der Waals surface area (Å²) < 4.78 is 16.5.